The van der Waals surface area contributed by atoms with Crippen LogP contribution in [0.5, 0.6) is 0 Å². The number of rotatable bonds is 4. The van der Waals surface area contributed by atoms with Crippen LogP contribution in [0.3, 0.4) is 0 Å². The lowest BCUT2D eigenvalue weighted by atomic mass is 9.76. The van der Waals surface area contributed by atoms with Crippen molar-refractivity contribution in [1.82, 2.24) is 20.0 Å². The number of pyridine rings is 1. The van der Waals surface area contributed by atoms with Gasteiger partial charge in [-0.05, 0) is 44.4 Å². The Kier molecular flexibility index (Phi) is 4.33. The summed E-state index contributed by atoms with van der Waals surface area (Å²) in [7, 11) is 1.86. The summed E-state index contributed by atoms with van der Waals surface area (Å²) in [5, 5.41) is 4.11. The number of nitrogens with zero attached hydrogens (tertiary/aromatic N) is 4. The third-order valence-corrected chi connectivity index (χ3v) is 5.56. The Morgan fingerprint density at radius 1 is 1.29 bits per heavy atom. The van der Waals surface area contributed by atoms with Crippen molar-refractivity contribution in [3.63, 3.8) is 0 Å². The first-order chi connectivity index (χ1) is 11.8. The van der Waals surface area contributed by atoms with Gasteiger partial charge in [-0.25, -0.2) is 0 Å². The van der Waals surface area contributed by atoms with Crippen LogP contribution in [-0.4, -0.2) is 46.3 Å². The van der Waals surface area contributed by atoms with Crippen LogP contribution in [0, 0.1) is 5.41 Å². The highest BCUT2D eigenvalue weighted by Gasteiger charge is 2.45. The molecule has 2 aromatic heterocycles. The first-order valence-electron chi connectivity index (χ1n) is 8.77. The van der Waals surface area contributed by atoms with Gasteiger partial charge in [0, 0.05) is 37.0 Å². The van der Waals surface area contributed by atoms with Gasteiger partial charge in [0.15, 0.2) is 0 Å². The lowest BCUT2D eigenvalue weighted by Crippen LogP contribution is -2.47. The molecule has 3 heterocycles. The topological polar surface area (TPSA) is 64.3 Å². The van der Waals surface area contributed by atoms with Crippen molar-refractivity contribution < 1.29 is 9.26 Å². The second kappa shape index (κ2) is 6.61. The number of aromatic nitrogens is 3. The van der Waals surface area contributed by atoms with E-state index in [1.165, 1.54) is 32.1 Å². The van der Waals surface area contributed by atoms with Gasteiger partial charge in [-0.3, -0.25) is 9.88 Å². The minimum atomic E-state index is 0.320. The molecular weight excluding hydrogens is 304 g/mol. The van der Waals surface area contributed by atoms with Crippen LogP contribution in [0.4, 0.5) is 0 Å². The average molecular weight is 328 g/mol. The van der Waals surface area contributed by atoms with E-state index in [4.69, 9.17) is 9.26 Å². The van der Waals surface area contributed by atoms with Gasteiger partial charge in [0.05, 0.1) is 12.6 Å². The molecular formula is C18H24N4O2. The number of ether oxygens (including phenoxy) is 1. The van der Waals surface area contributed by atoms with E-state index in [1.807, 2.05) is 19.2 Å². The highest BCUT2D eigenvalue weighted by molar-refractivity contribution is 5.52. The van der Waals surface area contributed by atoms with E-state index in [0.717, 1.165) is 25.2 Å². The van der Waals surface area contributed by atoms with Crippen molar-refractivity contribution in [3.8, 4) is 11.4 Å². The number of hydrogen-bond donors (Lipinski definition) is 0. The fraction of sp³-hybridized carbons (Fsp3) is 0.611. The summed E-state index contributed by atoms with van der Waals surface area (Å²) in [5.74, 6) is 1.32. The van der Waals surface area contributed by atoms with Gasteiger partial charge in [-0.1, -0.05) is 11.6 Å². The Morgan fingerprint density at radius 3 is 2.96 bits per heavy atom. The van der Waals surface area contributed by atoms with Crippen molar-refractivity contribution in [2.45, 2.75) is 44.8 Å². The van der Waals surface area contributed by atoms with E-state index < -0.39 is 0 Å². The zero-order valence-corrected chi connectivity index (χ0v) is 14.1. The Balaban J connectivity index is 1.45. The molecule has 1 spiro atoms. The maximum absolute atomic E-state index is 5.78. The maximum atomic E-state index is 5.78. The molecule has 1 saturated carbocycles. The quantitative estimate of drug-likeness (QED) is 0.860. The molecule has 1 aliphatic heterocycles. The Morgan fingerprint density at radius 2 is 2.12 bits per heavy atom. The third-order valence-electron chi connectivity index (χ3n) is 5.56. The van der Waals surface area contributed by atoms with Gasteiger partial charge in [0.2, 0.25) is 11.7 Å². The van der Waals surface area contributed by atoms with Crippen molar-refractivity contribution in [2.24, 2.45) is 5.41 Å². The minimum Gasteiger partial charge on any atom is -0.381 e. The van der Waals surface area contributed by atoms with Crippen LogP contribution >= 0.6 is 0 Å². The predicted molar refractivity (Wildman–Crippen MR) is 89.1 cm³/mol. The molecule has 0 bridgehead atoms. The maximum Gasteiger partial charge on any atom is 0.241 e. The second-order valence-corrected chi connectivity index (χ2v) is 7.04. The summed E-state index contributed by atoms with van der Waals surface area (Å²) in [6, 6.07) is 3.79. The average Bonchev–Trinajstić information content (AvgIpc) is 3.23. The Hall–Kier alpha value is -1.79. The van der Waals surface area contributed by atoms with Crippen molar-refractivity contribution >= 4 is 0 Å². The van der Waals surface area contributed by atoms with Crippen molar-refractivity contribution in [1.29, 1.82) is 0 Å². The second-order valence-electron chi connectivity index (χ2n) is 7.04. The molecule has 128 valence electrons. The lowest BCUT2D eigenvalue weighted by Gasteiger charge is -2.43. The smallest absolute Gasteiger partial charge is 0.241 e. The lowest BCUT2D eigenvalue weighted by molar-refractivity contribution is -0.0383. The molecule has 2 fully saturated rings. The molecule has 0 aromatic carbocycles. The molecule has 2 aromatic rings. The van der Waals surface area contributed by atoms with E-state index in [9.17, 15) is 0 Å². The number of likely N-dealkylation sites (tertiary alicyclic amines) is 1. The van der Waals surface area contributed by atoms with Crippen LogP contribution in [0.25, 0.3) is 11.4 Å². The summed E-state index contributed by atoms with van der Waals surface area (Å²) in [5.41, 5.74) is 1.26. The van der Waals surface area contributed by atoms with Gasteiger partial charge >= 0.3 is 0 Å². The van der Waals surface area contributed by atoms with Gasteiger partial charge in [0.25, 0.3) is 0 Å². The highest BCUT2D eigenvalue weighted by Crippen LogP contribution is 2.46. The highest BCUT2D eigenvalue weighted by atomic mass is 16.5. The molecule has 1 saturated heterocycles. The summed E-state index contributed by atoms with van der Waals surface area (Å²) >= 11 is 0. The van der Waals surface area contributed by atoms with Crippen LogP contribution in [0.15, 0.2) is 29.0 Å². The zero-order chi connectivity index (χ0) is 16.4. The molecule has 1 aliphatic carbocycles. The van der Waals surface area contributed by atoms with Crippen molar-refractivity contribution in [2.75, 3.05) is 20.2 Å². The van der Waals surface area contributed by atoms with Crippen LogP contribution in [-0.2, 0) is 11.3 Å². The van der Waals surface area contributed by atoms with Crippen LogP contribution in [0.2, 0.25) is 0 Å². The molecule has 0 amide bonds. The predicted octanol–water partition coefficient (Wildman–Crippen LogP) is 2.91. The third kappa shape index (κ3) is 2.96. The van der Waals surface area contributed by atoms with Gasteiger partial charge in [-0.2, -0.15) is 4.98 Å². The Labute approximate surface area is 142 Å². The first-order valence-corrected chi connectivity index (χ1v) is 8.77. The van der Waals surface area contributed by atoms with Gasteiger partial charge in [-0.15, -0.1) is 0 Å². The molecule has 0 N–H and O–H groups in total. The van der Waals surface area contributed by atoms with Crippen molar-refractivity contribution in [3.05, 3.63) is 30.4 Å². The molecule has 24 heavy (non-hydrogen) atoms. The molecule has 2 aliphatic rings. The summed E-state index contributed by atoms with van der Waals surface area (Å²) in [6.07, 6.45) is 10.1. The minimum absolute atomic E-state index is 0.320. The van der Waals surface area contributed by atoms with E-state index in [0.29, 0.717) is 23.2 Å². The fourth-order valence-electron chi connectivity index (χ4n) is 4.46. The monoisotopic (exact) mass is 328 g/mol. The summed E-state index contributed by atoms with van der Waals surface area (Å²) in [6.45, 7) is 2.87. The molecule has 2 atom stereocenters. The molecule has 6 nitrogen and oxygen atoms in total. The molecule has 0 unspecified atom stereocenters. The SMILES string of the molecule is CO[C@@H]1CCC[C@]12CCCN(Cc1nc(-c3ccncc3)no1)C2. The van der Waals surface area contributed by atoms with Gasteiger partial charge < -0.3 is 9.26 Å². The largest absolute Gasteiger partial charge is 0.381 e. The number of hydrogen-bond acceptors (Lipinski definition) is 6. The van der Waals surface area contributed by atoms with E-state index in [-0.39, 0.29) is 0 Å². The number of methoxy groups -OCH3 is 1. The standard InChI is InChI=1S/C18H24N4O2/c1-23-15-4-2-7-18(15)8-3-11-22(13-18)12-16-20-17(21-24-16)14-5-9-19-10-6-14/h5-6,9-10,15H,2-4,7-8,11-13H2,1H3/t15-,18-/m1/s1. The van der Waals surface area contributed by atoms with E-state index in [1.54, 1.807) is 12.4 Å². The molecule has 4 rings (SSSR count). The number of piperidine rings is 1. The van der Waals surface area contributed by atoms with Gasteiger partial charge in [0.1, 0.15) is 0 Å². The Bertz CT molecular complexity index is 675. The molecule has 0 radical (unpaired) electrons. The fourth-order valence-corrected chi connectivity index (χ4v) is 4.46. The summed E-state index contributed by atoms with van der Waals surface area (Å²) in [4.78, 5) is 11.0. The zero-order valence-electron chi connectivity index (χ0n) is 14.1. The summed E-state index contributed by atoms with van der Waals surface area (Å²) < 4.78 is 11.3. The van der Waals surface area contributed by atoms with E-state index >= 15 is 0 Å². The first kappa shape index (κ1) is 15.7. The normalized spacial score (nSPS) is 27.8. The van der Waals surface area contributed by atoms with Crippen LogP contribution in [0.1, 0.15) is 38.0 Å². The van der Waals surface area contributed by atoms with Crippen LogP contribution < -0.4 is 0 Å². The van der Waals surface area contributed by atoms with E-state index in [2.05, 4.69) is 20.0 Å². The molecule has 6 heteroatoms.